The SMILES string of the molecule is COC(=O)c1sccc1S(=O)(=O)Oc1cc(F)ccc1[N+](=O)[O-]. The molecule has 2 aromatic rings. The van der Waals surface area contributed by atoms with Crippen molar-refractivity contribution in [1.82, 2.24) is 0 Å². The number of methoxy groups -OCH3 is 1. The molecule has 23 heavy (non-hydrogen) atoms. The van der Waals surface area contributed by atoms with Crippen molar-refractivity contribution >= 4 is 33.1 Å². The van der Waals surface area contributed by atoms with E-state index in [1.165, 1.54) is 5.38 Å². The lowest BCUT2D eigenvalue weighted by atomic mass is 10.3. The number of nitrogens with zero attached hydrogens (tertiary/aromatic N) is 1. The van der Waals surface area contributed by atoms with Crippen molar-refractivity contribution in [2.75, 3.05) is 7.11 Å². The van der Waals surface area contributed by atoms with E-state index in [0.717, 1.165) is 36.6 Å². The molecule has 0 N–H and O–H groups in total. The highest BCUT2D eigenvalue weighted by Gasteiger charge is 2.29. The molecule has 0 aliphatic heterocycles. The van der Waals surface area contributed by atoms with Crippen LogP contribution < -0.4 is 4.18 Å². The molecule has 0 fully saturated rings. The fraction of sp³-hybridized carbons (Fsp3) is 0.0833. The highest BCUT2D eigenvalue weighted by Crippen LogP contribution is 2.32. The minimum absolute atomic E-state index is 0.258. The Hall–Kier alpha value is -2.53. The van der Waals surface area contributed by atoms with Crippen molar-refractivity contribution < 1.29 is 31.4 Å². The normalized spacial score (nSPS) is 11.0. The van der Waals surface area contributed by atoms with Crippen LogP contribution in [-0.2, 0) is 14.9 Å². The highest BCUT2D eigenvalue weighted by molar-refractivity contribution is 7.87. The number of ether oxygens (including phenoxy) is 1. The molecule has 8 nitrogen and oxygen atoms in total. The molecule has 11 heteroatoms. The number of carbonyl (C=O) groups excluding carboxylic acids is 1. The molecular weight excluding hydrogens is 353 g/mol. The van der Waals surface area contributed by atoms with Gasteiger partial charge in [-0.15, -0.1) is 11.3 Å². The van der Waals surface area contributed by atoms with Crippen molar-refractivity contribution in [2.24, 2.45) is 0 Å². The first kappa shape index (κ1) is 16.8. The summed E-state index contributed by atoms with van der Waals surface area (Å²) in [4.78, 5) is 20.7. The Labute approximate surface area is 133 Å². The van der Waals surface area contributed by atoms with Gasteiger partial charge in [0.1, 0.15) is 15.6 Å². The second-order valence-electron chi connectivity index (χ2n) is 4.01. The zero-order valence-corrected chi connectivity index (χ0v) is 13.0. The predicted octanol–water partition coefficient (Wildman–Crippen LogP) is 2.35. The standard InChI is InChI=1S/C12H8FNO7S2/c1-20-12(15)11-10(4-5-22-11)23(18,19)21-9-6-7(13)2-3-8(9)14(16)17/h2-6H,1H3. The van der Waals surface area contributed by atoms with E-state index in [1.54, 1.807) is 0 Å². The zero-order valence-electron chi connectivity index (χ0n) is 11.4. The molecule has 1 aromatic carbocycles. The molecule has 0 bridgehead atoms. The molecule has 1 heterocycles. The summed E-state index contributed by atoms with van der Waals surface area (Å²) in [5.41, 5.74) is -0.732. The summed E-state index contributed by atoms with van der Waals surface area (Å²) in [6.07, 6.45) is 0. The lowest BCUT2D eigenvalue weighted by Crippen LogP contribution is -2.14. The van der Waals surface area contributed by atoms with E-state index < -0.39 is 43.2 Å². The van der Waals surface area contributed by atoms with Crippen molar-refractivity contribution in [1.29, 1.82) is 0 Å². The van der Waals surface area contributed by atoms with E-state index in [0.29, 0.717) is 6.07 Å². The number of hydrogen-bond donors (Lipinski definition) is 0. The quantitative estimate of drug-likeness (QED) is 0.348. The van der Waals surface area contributed by atoms with Gasteiger partial charge in [-0.3, -0.25) is 10.1 Å². The van der Waals surface area contributed by atoms with Gasteiger partial charge in [0.25, 0.3) is 0 Å². The summed E-state index contributed by atoms with van der Waals surface area (Å²) in [6.45, 7) is 0. The molecule has 0 amide bonds. The smallest absolute Gasteiger partial charge is 0.349 e. The second kappa shape index (κ2) is 6.30. The largest absolute Gasteiger partial charge is 0.465 e. The Morgan fingerprint density at radius 2 is 2.04 bits per heavy atom. The van der Waals surface area contributed by atoms with E-state index in [9.17, 15) is 27.7 Å². The van der Waals surface area contributed by atoms with Gasteiger partial charge in [-0.1, -0.05) is 0 Å². The number of hydrogen-bond acceptors (Lipinski definition) is 8. The lowest BCUT2D eigenvalue weighted by molar-refractivity contribution is -0.385. The summed E-state index contributed by atoms with van der Waals surface area (Å²) in [5, 5.41) is 12.2. The number of thiophene rings is 1. The van der Waals surface area contributed by atoms with Gasteiger partial charge in [0.05, 0.1) is 12.0 Å². The average molecular weight is 361 g/mol. The Morgan fingerprint density at radius 3 is 2.65 bits per heavy atom. The van der Waals surface area contributed by atoms with Gasteiger partial charge in [0.15, 0.2) is 0 Å². The number of halogens is 1. The Kier molecular flexibility index (Phi) is 4.61. The summed E-state index contributed by atoms with van der Waals surface area (Å²) >= 11 is 0.792. The highest BCUT2D eigenvalue weighted by atomic mass is 32.2. The first-order chi connectivity index (χ1) is 10.8. The molecule has 0 aliphatic carbocycles. The number of nitro benzene ring substituents is 1. The fourth-order valence-corrected chi connectivity index (χ4v) is 3.85. The summed E-state index contributed by atoms with van der Waals surface area (Å²) in [5.74, 6) is -2.62. The van der Waals surface area contributed by atoms with Crippen LogP contribution in [0.2, 0.25) is 0 Å². The minimum Gasteiger partial charge on any atom is -0.465 e. The monoisotopic (exact) mass is 361 g/mol. The van der Waals surface area contributed by atoms with Crippen LogP contribution in [0.3, 0.4) is 0 Å². The molecule has 0 spiro atoms. The number of rotatable bonds is 5. The maximum Gasteiger partial charge on any atom is 0.349 e. The van der Waals surface area contributed by atoms with Crippen molar-refractivity contribution in [3.63, 3.8) is 0 Å². The van der Waals surface area contributed by atoms with Crippen molar-refractivity contribution in [2.45, 2.75) is 4.90 Å². The molecule has 0 radical (unpaired) electrons. The predicted molar refractivity (Wildman–Crippen MR) is 76.5 cm³/mol. The maximum absolute atomic E-state index is 13.2. The van der Waals surface area contributed by atoms with Gasteiger partial charge in [-0.2, -0.15) is 8.42 Å². The van der Waals surface area contributed by atoms with E-state index in [1.807, 2.05) is 0 Å². The van der Waals surface area contributed by atoms with Crippen LogP contribution in [0.25, 0.3) is 0 Å². The van der Waals surface area contributed by atoms with Gasteiger partial charge in [-0.25, -0.2) is 9.18 Å². The van der Waals surface area contributed by atoms with Crippen LogP contribution in [0.15, 0.2) is 34.5 Å². The topological polar surface area (TPSA) is 113 Å². The number of benzene rings is 1. The van der Waals surface area contributed by atoms with Gasteiger partial charge in [-0.05, 0) is 17.5 Å². The van der Waals surface area contributed by atoms with Gasteiger partial charge in [0, 0.05) is 12.1 Å². The molecule has 122 valence electrons. The lowest BCUT2D eigenvalue weighted by Gasteiger charge is -2.07. The van der Waals surface area contributed by atoms with Crippen LogP contribution in [0.4, 0.5) is 10.1 Å². The Bertz CT molecular complexity index is 875. The van der Waals surface area contributed by atoms with Gasteiger partial charge >= 0.3 is 21.8 Å². The summed E-state index contributed by atoms with van der Waals surface area (Å²) in [6, 6.07) is 3.22. The van der Waals surface area contributed by atoms with Crippen LogP contribution in [0, 0.1) is 15.9 Å². The van der Waals surface area contributed by atoms with Crippen LogP contribution >= 0.6 is 11.3 Å². The second-order valence-corrected chi connectivity index (χ2v) is 6.44. The number of nitro groups is 1. The first-order valence-corrected chi connectivity index (χ1v) is 8.09. The maximum atomic E-state index is 13.2. The fourth-order valence-electron chi connectivity index (χ4n) is 1.60. The van der Waals surface area contributed by atoms with Crippen molar-refractivity contribution in [3.05, 3.63) is 50.5 Å². The molecule has 0 unspecified atom stereocenters. The summed E-state index contributed by atoms with van der Waals surface area (Å²) in [7, 11) is -3.52. The van der Waals surface area contributed by atoms with Crippen molar-refractivity contribution in [3.8, 4) is 5.75 Å². The molecule has 0 atom stereocenters. The molecular formula is C12H8FNO7S2. The number of esters is 1. The third-order valence-corrected chi connectivity index (χ3v) is 4.89. The van der Waals surface area contributed by atoms with Crippen LogP contribution in [0.1, 0.15) is 9.67 Å². The third-order valence-electron chi connectivity index (χ3n) is 2.59. The Morgan fingerprint density at radius 1 is 1.35 bits per heavy atom. The van der Waals surface area contributed by atoms with E-state index in [-0.39, 0.29) is 4.88 Å². The number of carbonyl (C=O) groups is 1. The van der Waals surface area contributed by atoms with E-state index in [2.05, 4.69) is 8.92 Å². The van der Waals surface area contributed by atoms with Gasteiger partial charge in [0.2, 0.25) is 5.75 Å². The Balaban J connectivity index is 2.48. The molecule has 2 rings (SSSR count). The molecule has 1 aromatic heterocycles. The van der Waals surface area contributed by atoms with Gasteiger partial charge < -0.3 is 8.92 Å². The summed E-state index contributed by atoms with van der Waals surface area (Å²) < 4.78 is 46.8. The molecule has 0 saturated carbocycles. The molecule has 0 saturated heterocycles. The van der Waals surface area contributed by atoms with Crippen LogP contribution in [-0.4, -0.2) is 26.4 Å². The minimum atomic E-state index is -4.59. The molecule has 0 aliphatic rings. The first-order valence-electron chi connectivity index (χ1n) is 5.80. The van der Waals surface area contributed by atoms with E-state index in [4.69, 9.17) is 0 Å². The third kappa shape index (κ3) is 3.46. The zero-order chi connectivity index (χ0) is 17.2. The van der Waals surface area contributed by atoms with Crippen LogP contribution in [0.5, 0.6) is 5.75 Å². The average Bonchev–Trinajstić information content (AvgIpc) is 2.96. The van der Waals surface area contributed by atoms with E-state index >= 15 is 0 Å².